The van der Waals surface area contributed by atoms with E-state index in [2.05, 4.69) is 41.7 Å². The van der Waals surface area contributed by atoms with Gasteiger partial charge in [-0.2, -0.15) is 5.26 Å². The van der Waals surface area contributed by atoms with E-state index in [1.807, 2.05) is 24.4 Å². The minimum Gasteiger partial charge on any atom is -0.462 e. The van der Waals surface area contributed by atoms with Crippen LogP contribution in [0.15, 0.2) is 54.0 Å². The molecule has 34 heavy (non-hydrogen) atoms. The minimum atomic E-state index is -0.302. The third-order valence-electron chi connectivity index (χ3n) is 5.90. The van der Waals surface area contributed by atoms with Crippen LogP contribution in [-0.2, 0) is 17.6 Å². The molecule has 2 aromatic heterocycles. The van der Waals surface area contributed by atoms with Gasteiger partial charge in [-0.1, -0.05) is 36.4 Å². The van der Waals surface area contributed by atoms with Crippen LogP contribution in [0, 0.1) is 11.3 Å². The number of hydrogen-bond donors (Lipinski definition) is 1. The number of nitriles is 1. The van der Waals surface area contributed by atoms with Gasteiger partial charge in [-0.15, -0.1) is 22.7 Å². The second-order valence-corrected chi connectivity index (χ2v) is 10.0. The number of allylic oxidation sites excluding steroid dienone is 1. The van der Waals surface area contributed by atoms with Crippen molar-refractivity contribution in [1.82, 2.24) is 4.98 Å². The number of aryl methyl sites for hydroxylation is 1. The molecule has 0 bridgehead atoms. The molecule has 2 heterocycles. The molecule has 5 nitrogen and oxygen atoms in total. The van der Waals surface area contributed by atoms with Gasteiger partial charge in [0.2, 0.25) is 0 Å². The number of carbonyl (C=O) groups excluding carboxylic acids is 1. The molecule has 0 amide bonds. The molecule has 1 N–H and O–H groups in total. The first kappa shape index (κ1) is 22.3. The molecule has 0 unspecified atom stereocenters. The normalized spacial score (nSPS) is 13.4. The topological polar surface area (TPSA) is 75.0 Å². The number of benzene rings is 2. The lowest BCUT2D eigenvalue weighted by molar-refractivity contribution is 0.0526. The molecule has 170 valence electrons. The van der Waals surface area contributed by atoms with Crippen LogP contribution >= 0.6 is 22.7 Å². The fourth-order valence-electron chi connectivity index (χ4n) is 4.24. The Kier molecular flexibility index (Phi) is 6.43. The van der Waals surface area contributed by atoms with Gasteiger partial charge in [-0.25, -0.2) is 9.78 Å². The fraction of sp³-hybridized carbons (Fsp3) is 0.222. The Balaban J connectivity index is 1.43. The van der Waals surface area contributed by atoms with Crippen LogP contribution in [0.4, 0.5) is 5.00 Å². The number of esters is 1. The summed E-state index contributed by atoms with van der Waals surface area (Å²) in [6.07, 6.45) is 5.72. The molecule has 4 aromatic rings. The lowest BCUT2D eigenvalue weighted by Gasteiger charge is -2.12. The monoisotopic (exact) mass is 485 g/mol. The van der Waals surface area contributed by atoms with Gasteiger partial charge >= 0.3 is 5.97 Å². The van der Waals surface area contributed by atoms with Gasteiger partial charge in [0, 0.05) is 22.0 Å². The lowest BCUT2D eigenvalue weighted by Crippen LogP contribution is -2.10. The first-order chi connectivity index (χ1) is 16.7. The number of rotatable bonds is 6. The highest BCUT2D eigenvalue weighted by atomic mass is 32.1. The molecule has 0 saturated heterocycles. The first-order valence-electron chi connectivity index (χ1n) is 11.3. The van der Waals surface area contributed by atoms with E-state index in [0.717, 1.165) is 52.9 Å². The van der Waals surface area contributed by atoms with E-state index in [0.29, 0.717) is 22.8 Å². The Morgan fingerprint density at radius 3 is 2.85 bits per heavy atom. The highest BCUT2D eigenvalue weighted by Crippen LogP contribution is 2.39. The summed E-state index contributed by atoms with van der Waals surface area (Å²) in [5.41, 5.74) is 3.99. The van der Waals surface area contributed by atoms with Crippen LogP contribution in [0.5, 0.6) is 0 Å². The molecule has 0 aliphatic heterocycles. The van der Waals surface area contributed by atoms with E-state index < -0.39 is 0 Å². The third kappa shape index (κ3) is 4.35. The SMILES string of the molecule is CCOC(=O)c1c(N/C=C(\C#N)c2nc(-c3ccc4ccccc4c3)cs2)sc2c1CCCC2. The number of thiophene rings is 1. The van der Waals surface area contributed by atoms with E-state index in [-0.39, 0.29) is 5.97 Å². The largest absolute Gasteiger partial charge is 0.462 e. The molecule has 2 aromatic carbocycles. The Bertz CT molecular complexity index is 1440. The third-order valence-corrected chi connectivity index (χ3v) is 8.00. The van der Waals surface area contributed by atoms with Crippen LogP contribution in [0.2, 0.25) is 0 Å². The van der Waals surface area contributed by atoms with Gasteiger partial charge in [0.1, 0.15) is 21.7 Å². The molecule has 0 saturated carbocycles. The van der Waals surface area contributed by atoms with E-state index in [1.165, 1.54) is 21.6 Å². The average Bonchev–Trinajstić information content (AvgIpc) is 3.49. The summed E-state index contributed by atoms with van der Waals surface area (Å²) < 4.78 is 5.33. The molecular weight excluding hydrogens is 462 g/mol. The van der Waals surface area contributed by atoms with Crippen LogP contribution in [-0.4, -0.2) is 17.6 Å². The van der Waals surface area contributed by atoms with Gasteiger partial charge in [-0.3, -0.25) is 0 Å². The zero-order valence-corrected chi connectivity index (χ0v) is 20.4. The zero-order chi connectivity index (χ0) is 23.5. The molecule has 1 aliphatic carbocycles. The summed E-state index contributed by atoms with van der Waals surface area (Å²) >= 11 is 3.02. The van der Waals surface area contributed by atoms with Crippen LogP contribution in [0.3, 0.4) is 0 Å². The molecule has 0 radical (unpaired) electrons. The van der Waals surface area contributed by atoms with E-state index in [1.54, 1.807) is 17.5 Å². The van der Waals surface area contributed by atoms with Crippen molar-refractivity contribution in [3.8, 4) is 17.3 Å². The van der Waals surface area contributed by atoms with E-state index in [9.17, 15) is 10.1 Å². The second-order valence-electron chi connectivity index (χ2n) is 8.05. The molecular formula is C27H23N3O2S2. The maximum absolute atomic E-state index is 12.7. The Morgan fingerprint density at radius 2 is 2.03 bits per heavy atom. The van der Waals surface area contributed by atoms with Crippen molar-refractivity contribution in [3.05, 3.63) is 75.1 Å². The first-order valence-corrected chi connectivity index (χ1v) is 13.0. The molecule has 0 spiro atoms. The predicted molar refractivity (Wildman–Crippen MR) is 139 cm³/mol. The molecule has 0 fully saturated rings. The van der Waals surface area contributed by atoms with Gasteiger partial charge in [-0.05, 0) is 55.0 Å². The minimum absolute atomic E-state index is 0.302. The summed E-state index contributed by atoms with van der Waals surface area (Å²) in [5, 5.41) is 18.7. The maximum atomic E-state index is 12.7. The molecule has 1 aliphatic rings. The predicted octanol–water partition coefficient (Wildman–Crippen LogP) is 7.06. The van der Waals surface area contributed by atoms with Crippen molar-refractivity contribution in [3.63, 3.8) is 0 Å². The number of ether oxygens (including phenoxy) is 1. The smallest absolute Gasteiger partial charge is 0.341 e. The van der Waals surface area contributed by atoms with Crippen molar-refractivity contribution in [1.29, 1.82) is 5.26 Å². The highest BCUT2D eigenvalue weighted by molar-refractivity contribution is 7.16. The van der Waals surface area contributed by atoms with Crippen molar-refractivity contribution < 1.29 is 9.53 Å². The fourth-order valence-corrected chi connectivity index (χ4v) is 6.29. The van der Waals surface area contributed by atoms with Gasteiger partial charge < -0.3 is 10.1 Å². The summed E-state index contributed by atoms with van der Waals surface area (Å²) in [5.74, 6) is -0.302. The average molecular weight is 486 g/mol. The number of carbonyl (C=O) groups is 1. The van der Waals surface area contributed by atoms with Crippen molar-refractivity contribution in [2.75, 3.05) is 11.9 Å². The maximum Gasteiger partial charge on any atom is 0.341 e. The summed E-state index contributed by atoms with van der Waals surface area (Å²) in [6, 6.07) is 16.7. The number of fused-ring (bicyclic) bond motifs is 2. The van der Waals surface area contributed by atoms with Gasteiger partial charge in [0.05, 0.1) is 17.9 Å². The quantitative estimate of drug-likeness (QED) is 0.234. The number of anilines is 1. The molecule has 5 rings (SSSR count). The molecule has 7 heteroatoms. The summed E-state index contributed by atoms with van der Waals surface area (Å²) in [4.78, 5) is 18.6. The van der Waals surface area contributed by atoms with Crippen LogP contribution in [0.1, 0.15) is 45.6 Å². The number of nitrogens with one attached hydrogen (secondary N) is 1. The van der Waals surface area contributed by atoms with Gasteiger partial charge in [0.25, 0.3) is 0 Å². The number of nitrogens with zero attached hydrogens (tertiary/aromatic N) is 2. The standard InChI is InChI=1S/C27H23N3O2S2/c1-2-32-27(31)24-21-9-5-6-10-23(21)34-26(24)29-15-20(14-28)25-30-22(16-33-25)19-12-11-17-7-3-4-8-18(17)13-19/h3-4,7-8,11-13,15-16,29H,2,5-6,9-10H2,1H3/b20-15+. The molecule has 0 atom stereocenters. The number of hydrogen-bond acceptors (Lipinski definition) is 7. The van der Waals surface area contributed by atoms with Crippen molar-refractivity contribution >= 4 is 50.0 Å². The van der Waals surface area contributed by atoms with Crippen molar-refractivity contribution in [2.24, 2.45) is 0 Å². The van der Waals surface area contributed by atoms with E-state index >= 15 is 0 Å². The Morgan fingerprint density at radius 1 is 1.21 bits per heavy atom. The summed E-state index contributed by atoms with van der Waals surface area (Å²) in [7, 11) is 0. The number of thiazole rings is 1. The van der Waals surface area contributed by atoms with Gasteiger partial charge in [0.15, 0.2) is 0 Å². The summed E-state index contributed by atoms with van der Waals surface area (Å²) in [6.45, 7) is 2.14. The number of aromatic nitrogens is 1. The van der Waals surface area contributed by atoms with Crippen LogP contribution in [0.25, 0.3) is 27.6 Å². The zero-order valence-electron chi connectivity index (χ0n) is 18.8. The second kappa shape index (κ2) is 9.80. The van der Waals surface area contributed by atoms with Crippen LogP contribution < -0.4 is 5.32 Å². The Hall–Kier alpha value is -3.47. The van der Waals surface area contributed by atoms with E-state index in [4.69, 9.17) is 9.72 Å². The van der Waals surface area contributed by atoms with Crippen molar-refractivity contribution in [2.45, 2.75) is 32.6 Å². The highest BCUT2D eigenvalue weighted by Gasteiger charge is 2.26. The Labute approximate surface area is 206 Å². The lowest BCUT2D eigenvalue weighted by atomic mass is 9.95.